The summed E-state index contributed by atoms with van der Waals surface area (Å²) >= 11 is 5.04. The molecule has 1 aliphatic carbocycles. The summed E-state index contributed by atoms with van der Waals surface area (Å²) in [7, 11) is 0. The Labute approximate surface area is 117 Å². The van der Waals surface area contributed by atoms with E-state index < -0.39 is 11.2 Å². The summed E-state index contributed by atoms with van der Waals surface area (Å²) in [6, 6.07) is 4.60. The van der Waals surface area contributed by atoms with Gasteiger partial charge in [0.25, 0.3) is 0 Å². The molecule has 1 saturated carbocycles. The summed E-state index contributed by atoms with van der Waals surface area (Å²) in [5.74, 6) is -0.739. The zero-order chi connectivity index (χ0) is 14.0. The molecule has 0 bridgehead atoms. The summed E-state index contributed by atoms with van der Waals surface area (Å²) in [5, 5.41) is 2.63. The van der Waals surface area contributed by atoms with Crippen LogP contribution in [-0.4, -0.2) is 10.9 Å². The van der Waals surface area contributed by atoms with Crippen LogP contribution < -0.4 is 11.1 Å². The number of nitrogens with one attached hydrogen (secondary N) is 1. The summed E-state index contributed by atoms with van der Waals surface area (Å²) in [6.45, 7) is 1.84. The molecule has 0 aromatic heterocycles. The normalized spacial score (nSPS) is 17.2. The van der Waals surface area contributed by atoms with Crippen molar-refractivity contribution in [3.05, 3.63) is 29.6 Å². The Bertz CT molecular complexity index is 524. The van der Waals surface area contributed by atoms with E-state index in [1.54, 1.807) is 12.1 Å². The van der Waals surface area contributed by atoms with Crippen LogP contribution in [0.25, 0.3) is 0 Å². The lowest BCUT2D eigenvalue weighted by Crippen LogP contribution is -2.44. The van der Waals surface area contributed by atoms with Crippen LogP contribution in [0.15, 0.2) is 18.2 Å². The summed E-state index contributed by atoms with van der Waals surface area (Å²) in [6.07, 6.45) is 3.12. The van der Waals surface area contributed by atoms with Crippen LogP contribution in [-0.2, 0) is 4.79 Å². The van der Waals surface area contributed by atoms with E-state index in [0.717, 1.165) is 18.4 Å². The second-order valence-corrected chi connectivity index (χ2v) is 5.53. The maximum absolute atomic E-state index is 13.7. The zero-order valence-corrected chi connectivity index (χ0v) is 11.6. The average molecular weight is 280 g/mol. The third kappa shape index (κ3) is 2.61. The Morgan fingerprint density at radius 3 is 2.63 bits per heavy atom. The summed E-state index contributed by atoms with van der Waals surface area (Å²) < 4.78 is 13.7. The minimum atomic E-state index is -0.814. The maximum Gasteiger partial charge on any atom is 0.237 e. The molecule has 0 unspecified atom stereocenters. The van der Waals surface area contributed by atoms with Gasteiger partial charge in [-0.25, -0.2) is 4.39 Å². The van der Waals surface area contributed by atoms with Gasteiger partial charge in [0.15, 0.2) is 0 Å². The molecule has 2 rings (SSSR count). The van der Waals surface area contributed by atoms with Crippen LogP contribution in [0.5, 0.6) is 0 Å². The van der Waals surface area contributed by atoms with Crippen molar-refractivity contribution in [1.82, 2.24) is 0 Å². The highest BCUT2D eigenvalue weighted by Crippen LogP contribution is 2.39. The second kappa shape index (κ2) is 5.25. The SMILES string of the molecule is Cc1ccc(F)c(NC(=O)C2(C(N)=S)CCCC2)c1. The molecule has 0 saturated heterocycles. The van der Waals surface area contributed by atoms with Crippen molar-refractivity contribution >= 4 is 28.8 Å². The van der Waals surface area contributed by atoms with Crippen molar-refractivity contribution in [1.29, 1.82) is 0 Å². The van der Waals surface area contributed by atoms with Gasteiger partial charge < -0.3 is 11.1 Å². The topological polar surface area (TPSA) is 55.1 Å². The molecule has 3 N–H and O–H groups in total. The first-order valence-electron chi connectivity index (χ1n) is 6.33. The van der Waals surface area contributed by atoms with E-state index in [0.29, 0.717) is 12.8 Å². The van der Waals surface area contributed by atoms with E-state index in [2.05, 4.69) is 5.32 Å². The third-order valence-electron chi connectivity index (χ3n) is 3.73. The van der Waals surface area contributed by atoms with E-state index in [1.807, 2.05) is 6.92 Å². The number of hydrogen-bond acceptors (Lipinski definition) is 2. The quantitative estimate of drug-likeness (QED) is 0.837. The Balaban J connectivity index is 2.25. The second-order valence-electron chi connectivity index (χ2n) is 5.09. The fourth-order valence-corrected chi connectivity index (χ4v) is 2.84. The van der Waals surface area contributed by atoms with Crippen molar-refractivity contribution in [3.8, 4) is 0 Å². The smallest absolute Gasteiger partial charge is 0.237 e. The van der Waals surface area contributed by atoms with Crippen molar-refractivity contribution in [2.75, 3.05) is 5.32 Å². The van der Waals surface area contributed by atoms with E-state index in [1.165, 1.54) is 6.07 Å². The molecule has 0 aliphatic heterocycles. The molecule has 1 fully saturated rings. The predicted molar refractivity (Wildman–Crippen MR) is 77.5 cm³/mol. The number of nitrogens with two attached hydrogens (primary N) is 1. The number of amides is 1. The van der Waals surface area contributed by atoms with Gasteiger partial charge in [0.05, 0.1) is 16.1 Å². The van der Waals surface area contributed by atoms with Crippen molar-refractivity contribution in [3.63, 3.8) is 0 Å². The highest BCUT2D eigenvalue weighted by Gasteiger charge is 2.44. The van der Waals surface area contributed by atoms with Crippen LogP contribution >= 0.6 is 12.2 Å². The number of halogens is 1. The van der Waals surface area contributed by atoms with Gasteiger partial charge in [-0.15, -0.1) is 0 Å². The maximum atomic E-state index is 13.7. The van der Waals surface area contributed by atoms with E-state index in [-0.39, 0.29) is 16.6 Å². The Hall–Kier alpha value is -1.49. The first-order chi connectivity index (χ1) is 8.95. The minimum absolute atomic E-state index is 0.188. The average Bonchev–Trinajstić information content (AvgIpc) is 2.84. The number of carbonyl (C=O) groups excluding carboxylic acids is 1. The molecule has 0 heterocycles. The first-order valence-corrected chi connectivity index (χ1v) is 6.74. The van der Waals surface area contributed by atoms with Crippen LogP contribution in [0.4, 0.5) is 10.1 Å². The molecule has 3 nitrogen and oxygen atoms in total. The largest absolute Gasteiger partial charge is 0.392 e. The van der Waals surface area contributed by atoms with Crippen LogP contribution in [0.3, 0.4) is 0 Å². The van der Waals surface area contributed by atoms with Gasteiger partial charge in [-0.3, -0.25) is 4.79 Å². The number of anilines is 1. The zero-order valence-electron chi connectivity index (χ0n) is 10.8. The molecular formula is C14H17FN2OS. The number of hydrogen-bond donors (Lipinski definition) is 2. The van der Waals surface area contributed by atoms with E-state index >= 15 is 0 Å². The van der Waals surface area contributed by atoms with Gasteiger partial charge in [-0.2, -0.15) is 0 Å². The Morgan fingerprint density at radius 2 is 2.05 bits per heavy atom. The molecule has 1 aromatic carbocycles. The van der Waals surface area contributed by atoms with Crippen molar-refractivity contribution in [2.24, 2.45) is 11.1 Å². The van der Waals surface area contributed by atoms with Gasteiger partial charge in [0.2, 0.25) is 5.91 Å². The van der Waals surface area contributed by atoms with Gasteiger partial charge in [0.1, 0.15) is 5.82 Å². The number of thiocarbonyl (C=S) groups is 1. The van der Waals surface area contributed by atoms with Gasteiger partial charge >= 0.3 is 0 Å². The number of carbonyl (C=O) groups is 1. The standard InChI is InChI=1S/C14H17FN2OS/c1-9-4-5-10(15)11(8-9)17-13(18)14(12(16)19)6-2-3-7-14/h4-5,8H,2-3,6-7H2,1H3,(H2,16,19)(H,17,18). The fraction of sp³-hybridized carbons (Fsp3) is 0.429. The lowest BCUT2D eigenvalue weighted by Gasteiger charge is -2.26. The predicted octanol–water partition coefficient (Wildman–Crippen LogP) is 2.92. The molecule has 1 aromatic rings. The van der Waals surface area contributed by atoms with Gasteiger partial charge in [-0.05, 0) is 37.5 Å². The molecule has 19 heavy (non-hydrogen) atoms. The molecule has 0 spiro atoms. The van der Waals surface area contributed by atoms with Gasteiger partial charge in [-0.1, -0.05) is 31.1 Å². The molecular weight excluding hydrogens is 263 g/mol. The molecule has 1 amide bonds. The molecule has 0 atom stereocenters. The van der Waals surface area contributed by atoms with Crippen LogP contribution in [0, 0.1) is 18.2 Å². The minimum Gasteiger partial charge on any atom is -0.392 e. The molecule has 0 radical (unpaired) electrons. The molecule has 1 aliphatic rings. The highest BCUT2D eigenvalue weighted by atomic mass is 32.1. The van der Waals surface area contributed by atoms with E-state index in [4.69, 9.17) is 18.0 Å². The van der Waals surface area contributed by atoms with Crippen molar-refractivity contribution < 1.29 is 9.18 Å². The molecule has 102 valence electrons. The highest BCUT2D eigenvalue weighted by molar-refractivity contribution is 7.80. The Kier molecular flexibility index (Phi) is 3.85. The van der Waals surface area contributed by atoms with E-state index in [9.17, 15) is 9.18 Å². The summed E-state index contributed by atoms with van der Waals surface area (Å²) in [4.78, 5) is 12.6. The van der Waals surface area contributed by atoms with Crippen LogP contribution in [0.1, 0.15) is 31.2 Å². The number of aryl methyl sites for hydroxylation is 1. The lowest BCUT2D eigenvalue weighted by atomic mass is 9.85. The third-order valence-corrected chi connectivity index (χ3v) is 4.12. The fourth-order valence-electron chi connectivity index (χ4n) is 2.54. The number of benzene rings is 1. The molecule has 5 heteroatoms. The Morgan fingerprint density at radius 1 is 1.42 bits per heavy atom. The first kappa shape index (κ1) is 13.9. The van der Waals surface area contributed by atoms with Crippen LogP contribution in [0.2, 0.25) is 0 Å². The monoisotopic (exact) mass is 280 g/mol. The van der Waals surface area contributed by atoms with Crippen molar-refractivity contribution in [2.45, 2.75) is 32.6 Å². The number of rotatable bonds is 3. The van der Waals surface area contributed by atoms with Gasteiger partial charge in [0, 0.05) is 0 Å². The summed E-state index contributed by atoms with van der Waals surface area (Å²) in [5.41, 5.74) is 5.99. The lowest BCUT2D eigenvalue weighted by molar-refractivity contribution is -0.122.